The van der Waals surface area contributed by atoms with Crippen molar-refractivity contribution >= 4 is 22.2 Å². The van der Waals surface area contributed by atoms with Gasteiger partial charge in [-0.15, -0.1) is 12.8 Å². The minimum Gasteiger partial charge on any atom is -0.382 e. The molecule has 1 aliphatic carbocycles. The number of aromatic nitrogens is 4. The van der Waals surface area contributed by atoms with Gasteiger partial charge in [-0.2, -0.15) is 0 Å². The third kappa shape index (κ3) is 5.74. The predicted molar refractivity (Wildman–Crippen MR) is 161 cm³/mol. The first-order valence-corrected chi connectivity index (χ1v) is 14.0. The van der Waals surface area contributed by atoms with E-state index in [2.05, 4.69) is 81.8 Å². The molecule has 1 aromatic carbocycles. The van der Waals surface area contributed by atoms with Crippen LogP contribution in [0, 0.1) is 18.8 Å². The average molecular weight is 519 g/mol. The zero-order chi connectivity index (χ0) is 27.2. The summed E-state index contributed by atoms with van der Waals surface area (Å²) < 4.78 is 2.18. The van der Waals surface area contributed by atoms with E-state index in [0.29, 0.717) is 11.7 Å². The van der Waals surface area contributed by atoms with Gasteiger partial charge in [0, 0.05) is 47.9 Å². The Labute approximate surface area is 231 Å². The summed E-state index contributed by atoms with van der Waals surface area (Å²) in [5.41, 5.74) is 11.3. The Bertz CT molecular complexity index is 1500. The summed E-state index contributed by atoms with van der Waals surface area (Å²) in [7, 11) is 0. The minimum absolute atomic E-state index is 0.468. The second-order valence-corrected chi connectivity index (χ2v) is 10.6. The number of anilines is 1. The summed E-state index contributed by atoms with van der Waals surface area (Å²) in [6.07, 6.45) is 27.3. The predicted octanol–water partition coefficient (Wildman–Crippen LogP) is 6.43. The van der Waals surface area contributed by atoms with Gasteiger partial charge in [0.15, 0.2) is 0 Å². The molecule has 6 rings (SSSR count). The molecule has 1 aliphatic heterocycles. The van der Waals surface area contributed by atoms with Crippen LogP contribution >= 0.6 is 0 Å². The lowest BCUT2D eigenvalue weighted by Gasteiger charge is -2.37. The monoisotopic (exact) mass is 518 g/mol. The summed E-state index contributed by atoms with van der Waals surface area (Å²) in [5, 5.41) is 1.13. The lowest BCUT2D eigenvalue weighted by Crippen LogP contribution is -2.34. The molecule has 0 amide bonds. The first-order chi connectivity index (χ1) is 19.2. The van der Waals surface area contributed by atoms with E-state index in [0.717, 1.165) is 58.0 Å². The molecule has 6 heteroatoms. The number of fused-ring (bicyclic) bond motifs is 2. The number of pyridine rings is 1. The number of hydrogen-bond donors (Lipinski definition) is 1. The molecule has 0 radical (unpaired) electrons. The fourth-order valence-corrected chi connectivity index (χ4v) is 5.94. The third-order valence-corrected chi connectivity index (χ3v) is 7.95. The fraction of sp³-hybridized carbons (Fsp3) is 0.364. The Morgan fingerprint density at radius 1 is 1.03 bits per heavy atom. The zero-order valence-corrected chi connectivity index (χ0v) is 22.8. The normalized spacial score (nSPS) is 19.6. The molecule has 6 nitrogen and oxygen atoms in total. The SMILES string of the molecule is C#C.C/C=C\C/C=C\Cc1ccc2ccc(-c3nc(C4CC(CN5CCCC5)C4)n4ccnc(N)c34)cc2n1. The van der Waals surface area contributed by atoms with Crippen LogP contribution < -0.4 is 5.73 Å². The van der Waals surface area contributed by atoms with Gasteiger partial charge in [0.05, 0.1) is 5.52 Å². The van der Waals surface area contributed by atoms with Crippen LogP contribution in [0.25, 0.3) is 27.7 Å². The molecule has 4 aromatic rings. The molecule has 39 heavy (non-hydrogen) atoms. The number of imidazole rings is 1. The van der Waals surface area contributed by atoms with Gasteiger partial charge in [0.25, 0.3) is 0 Å². The molecule has 1 saturated carbocycles. The van der Waals surface area contributed by atoms with Crippen molar-refractivity contribution in [2.24, 2.45) is 5.92 Å². The molecule has 0 unspecified atom stereocenters. The van der Waals surface area contributed by atoms with Crippen molar-refractivity contribution in [2.75, 3.05) is 25.4 Å². The van der Waals surface area contributed by atoms with E-state index in [1.165, 1.54) is 45.3 Å². The number of nitrogen functional groups attached to an aromatic ring is 1. The molecule has 3 aromatic heterocycles. The van der Waals surface area contributed by atoms with Gasteiger partial charge in [0.2, 0.25) is 0 Å². The number of likely N-dealkylation sites (tertiary alicyclic amines) is 1. The summed E-state index contributed by atoms with van der Waals surface area (Å²) >= 11 is 0. The van der Waals surface area contributed by atoms with Crippen LogP contribution in [0.5, 0.6) is 0 Å². The van der Waals surface area contributed by atoms with E-state index in [-0.39, 0.29) is 0 Å². The maximum absolute atomic E-state index is 6.42. The van der Waals surface area contributed by atoms with E-state index in [1.807, 2.05) is 13.1 Å². The first-order valence-electron chi connectivity index (χ1n) is 14.0. The van der Waals surface area contributed by atoms with Gasteiger partial charge in [-0.3, -0.25) is 9.38 Å². The molecule has 2 N–H and O–H groups in total. The number of benzene rings is 1. The largest absolute Gasteiger partial charge is 0.382 e. The van der Waals surface area contributed by atoms with Crippen molar-refractivity contribution in [3.8, 4) is 24.1 Å². The maximum atomic E-state index is 6.42. The number of nitrogens with zero attached hydrogens (tertiary/aromatic N) is 5. The standard InChI is InChI=1S/C31H36N6.C2H2/c1-2-3-4-5-6-9-26-13-12-23-10-11-24(20-27(23)34-26)28-29-30(32)33-14-17-37(29)31(35-28)25-18-22(19-25)21-36-15-7-8-16-36;1-2/h2-3,5-6,10-14,17,20,22,25H,4,7-9,15-16,18-19,21H2,1H3,(H2,32,33);1-2H/b3-2-,6-5-;. The molecule has 0 atom stereocenters. The highest BCUT2D eigenvalue weighted by atomic mass is 15.1. The fourth-order valence-electron chi connectivity index (χ4n) is 5.94. The lowest BCUT2D eigenvalue weighted by molar-refractivity contribution is 0.176. The van der Waals surface area contributed by atoms with Crippen LogP contribution in [0.1, 0.15) is 56.5 Å². The quantitative estimate of drug-likeness (QED) is 0.215. The minimum atomic E-state index is 0.468. The molecule has 4 heterocycles. The number of allylic oxidation sites excluding steroid dienone is 4. The molecular weight excluding hydrogens is 480 g/mol. The first kappa shape index (κ1) is 26.6. The summed E-state index contributed by atoms with van der Waals surface area (Å²) in [6.45, 7) is 5.82. The van der Waals surface area contributed by atoms with E-state index in [1.54, 1.807) is 6.20 Å². The van der Waals surface area contributed by atoms with Crippen LogP contribution in [0.2, 0.25) is 0 Å². The molecule has 0 bridgehead atoms. The highest BCUT2D eigenvalue weighted by Crippen LogP contribution is 2.43. The number of hydrogen-bond acceptors (Lipinski definition) is 5. The van der Waals surface area contributed by atoms with Crippen molar-refractivity contribution in [1.82, 2.24) is 24.3 Å². The Morgan fingerprint density at radius 3 is 2.62 bits per heavy atom. The lowest BCUT2D eigenvalue weighted by atomic mass is 9.74. The van der Waals surface area contributed by atoms with E-state index in [4.69, 9.17) is 15.7 Å². The highest BCUT2D eigenvalue weighted by Gasteiger charge is 2.35. The number of terminal acetylenes is 1. The smallest absolute Gasteiger partial charge is 0.150 e. The Kier molecular flexibility index (Phi) is 8.39. The van der Waals surface area contributed by atoms with Crippen molar-refractivity contribution in [3.05, 3.63) is 78.5 Å². The van der Waals surface area contributed by atoms with Crippen molar-refractivity contribution in [3.63, 3.8) is 0 Å². The van der Waals surface area contributed by atoms with Crippen LogP contribution in [0.15, 0.2) is 67.0 Å². The summed E-state index contributed by atoms with van der Waals surface area (Å²) in [6, 6.07) is 10.7. The molecule has 2 fully saturated rings. The van der Waals surface area contributed by atoms with Crippen molar-refractivity contribution < 1.29 is 0 Å². The molecule has 1 saturated heterocycles. The van der Waals surface area contributed by atoms with Crippen LogP contribution in [0.3, 0.4) is 0 Å². The second-order valence-electron chi connectivity index (χ2n) is 10.6. The van der Waals surface area contributed by atoms with Crippen molar-refractivity contribution in [1.29, 1.82) is 0 Å². The van der Waals surface area contributed by atoms with Crippen molar-refractivity contribution in [2.45, 2.75) is 51.4 Å². The molecule has 2 aliphatic rings. The zero-order valence-electron chi connectivity index (χ0n) is 22.8. The van der Waals surface area contributed by atoms with E-state index < -0.39 is 0 Å². The average Bonchev–Trinajstić information content (AvgIpc) is 3.60. The Balaban J connectivity index is 0.00000151. The Morgan fingerprint density at radius 2 is 1.82 bits per heavy atom. The topological polar surface area (TPSA) is 72.3 Å². The van der Waals surface area contributed by atoms with Crippen LogP contribution in [-0.2, 0) is 6.42 Å². The van der Waals surface area contributed by atoms with Gasteiger partial charge >= 0.3 is 0 Å². The van der Waals surface area contributed by atoms with E-state index >= 15 is 0 Å². The van der Waals surface area contributed by atoms with Gasteiger partial charge in [-0.05, 0) is 70.2 Å². The summed E-state index contributed by atoms with van der Waals surface area (Å²) in [4.78, 5) is 17.2. The van der Waals surface area contributed by atoms with Gasteiger partial charge in [-0.25, -0.2) is 9.97 Å². The third-order valence-electron chi connectivity index (χ3n) is 7.95. The highest BCUT2D eigenvalue weighted by molar-refractivity contribution is 5.90. The number of nitrogens with two attached hydrogens (primary N) is 1. The number of rotatable bonds is 8. The van der Waals surface area contributed by atoms with Gasteiger partial charge < -0.3 is 10.6 Å². The Hall–Kier alpha value is -3.95. The van der Waals surface area contributed by atoms with Crippen LogP contribution in [0.4, 0.5) is 5.82 Å². The maximum Gasteiger partial charge on any atom is 0.150 e. The molecule has 200 valence electrons. The van der Waals surface area contributed by atoms with E-state index in [9.17, 15) is 0 Å². The van der Waals surface area contributed by atoms with Gasteiger partial charge in [-0.1, -0.05) is 42.5 Å². The van der Waals surface area contributed by atoms with Crippen LogP contribution in [-0.4, -0.2) is 43.9 Å². The van der Waals surface area contributed by atoms with Gasteiger partial charge in [0.1, 0.15) is 22.9 Å². The molecule has 0 spiro atoms. The molecular formula is C33H38N6. The summed E-state index contributed by atoms with van der Waals surface area (Å²) in [5.74, 6) is 2.88. The second kappa shape index (κ2) is 12.3.